The lowest BCUT2D eigenvalue weighted by molar-refractivity contribution is -0.122. The number of halogens is 2. The minimum atomic E-state index is -0.813. The van der Waals surface area contributed by atoms with Gasteiger partial charge in [-0.05, 0) is 59.9 Å². The van der Waals surface area contributed by atoms with Crippen LogP contribution in [0.2, 0.25) is 10.0 Å². The van der Waals surface area contributed by atoms with Gasteiger partial charge < -0.3 is 0 Å². The highest BCUT2D eigenvalue weighted by atomic mass is 35.5. The molecule has 0 unspecified atom stereocenters. The summed E-state index contributed by atoms with van der Waals surface area (Å²) in [6, 6.07) is 19.1. The number of amides is 4. The zero-order valence-electron chi connectivity index (χ0n) is 17.1. The number of urea groups is 1. The SMILES string of the molecule is Cc1ccc(N2C(=O)NC(=O)/C(=C\c3ccc(Cc4ccccc4Cl)cc3)C2=O)cc1Cl. The normalized spacial score (nSPS) is 15.3. The van der Waals surface area contributed by atoms with Crippen LogP contribution in [0.15, 0.2) is 72.3 Å². The molecule has 1 fully saturated rings. The molecule has 1 aliphatic rings. The second-order valence-electron chi connectivity index (χ2n) is 7.40. The van der Waals surface area contributed by atoms with Crippen molar-refractivity contribution in [2.75, 3.05) is 4.90 Å². The Morgan fingerprint density at radius 2 is 1.62 bits per heavy atom. The third kappa shape index (κ3) is 4.44. The van der Waals surface area contributed by atoms with Crippen molar-refractivity contribution in [1.29, 1.82) is 0 Å². The number of carbonyl (C=O) groups excluding carboxylic acids is 3. The predicted molar refractivity (Wildman–Crippen MR) is 126 cm³/mol. The highest BCUT2D eigenvalue weighted by Crippen LogP contribution is 2.27. The summed E-state index contributed by atoms with van der Waals surface area (Å²) in [5.74, 6) is -1.45. The van der Waals surface area contributed by atoms with E-state index in [9.17, 15) is 14.4 Å². The number of imide groups is 2. The Morgan fingerprint density at radius 3 is 2.31 bits per heavy atom. The maximum atomic E-state index is 13.0. The van der Waals surface area contributed by atoms with Crippen molar-refractivity contribution < 1.29 is 14.4 Å². The molecule has 0 spiro atoms. The molecular formula is C25H18Cl2N2O3. The lowest BCUT2D eigenvalue weighted by atomic mass is 10.0. The minimum Gasteiger partial charge on any atom is -0.273 e. The molecular weight excluding hydrogens is 447 g/mol. The Balaban J connectivity index is 1.60. The van der Waals surface area contributed by atoms with Crippen molar-refractivity contribution >= 4 is 52.8 Å². The van der Waals surface area contributed by atoms with Crippen LogP contribution in [0, 0.1) is 6.92 Å². The maximum absolute atomic E-state index is 13.0. The number of hydrogen-bond donors (Lipinski definition) is 1. The Bertz CT molecular complexity index is 1270. The molecule has 0 radical (unpaired) electrons. The molecule has 4 rings (SSSR count). The average molecular weight is 465 g/mol. The number of nitrogens with one attached hydrogen (secondary N) is 1. The molecule has 0 saturated carbocycles. The summed E-state index contributed by atoms with van der Waals surface area (Å²) in [5, 5.41) is 3.33. The van der Waals surface area contributed by atoms with Gasteiger partial charge in [0.25, 0.3) is 11.8 Å². The zero-order valence-corrected chi connectivity index (χ0v) is 18.6. The van der Waals surface area contributed by atoms with E-state index in [0.717, 1.165) is 21.6 Å². The quantitative estimate of drug-likeness (QED) is 0.405. The van der Waals surface area contributed by atoms with Crippen molar-refractivity contribution in [2.45, 2.75) is 13.3 Å². The highest BCUT2D eigenvalue weighted by Gasteiger charge is 2.36. The van der Waals surface area contributed by atoms with E-state index in [1.165, 1.54) is 12.1 Å². The van der Waals surface area contributed by atoms with E-state index in [1.807, 2.05) is 55.5 Å². The maximum Gasteiger partial charge on any atom is 0.335 e. The second kappa shape index (κ2) is 8.99. The van der Waals surface area contributed by atoms with E-state index < -0.39 is 17.8 Å². The summed E-state index contributed by atoms with van der Waals surface area (Å²) >= 11 is 12.4. The summed E-state index contributed by atoms with van der Waals surface area (Å²) in [5.41, 5.74) is 3.65. The Morgan fingerprint density at radius 1 is 0.906 bits per heavy atom. The number of anilines is 1. The lowest BCUT2D eigenvalue weighted by Crippen LogP contribution is -2.54. The van der Waals surface area contributed by atoms with Crippen LogP contribution >= 0.6 is 23.2 Å². The Kier molecular flexibility index (Phi) is 6.12. The van der Waals surface area contributed by atoms with Gasteiger partial charge in [-0.3, -0.25) is 14.9 Å². The first-order valence-corrected chi connectivity index (χ1v) is 10.6. The number of rotatable bonds is 4. The van der Waals surface area contributed by atoms with Crippen LogP contribution in [0.25, 0.3) is 6.08 Å². The van der Waals surface area contributed by atoms with Crippen LogP contribution in [0.3, 0.4) is 0 Å². The molecule has 7 heteroatoms. The fourth-order valence-corrected chi connectivity index (χ4v) is 3.75. The Labute approximate surface area is 195 Å². The number of barbiturate groups is 1. The van der Waals surface area contributed by atoms with Crippen molar-refractivity contribution in [2.24, 2.45) is 0 Å². The number of benzene rings is 3. The molecule has 3 aromatic carbocycles. The summed E-state index contributed by atoms with van der Waals surface area (Å²) < 4.78 is 0. The molecule has 1 saturated heterocycles. The largest absolute Gasteiger partial charge is 0.335 e. The van der Waals surface area contributed by atoms with Gasteiger partial charge in [-0.25, -0.2) is 9.69 Å². The van der Waals surface area contributed by atoms with E-state index in [0.29, 0.717) is 22.0 Å². The van der Waals surface area contributed by atoms with E-state index in [1.54, 1.807) is 12.1 Å². The van der Waals surface area contributed by atoms with Crippen LogP contribution in [-0.4, -0.2) is 17.8 Å². The molecule has 3 aromatic rings. The molecule has 5 nitrogen and oxygen atoms in total. The minimum absolute atomic E-state index is 0.139. The second-order valence-corrected chi connectivity index (χ2v) is 8.22. The van der Waals surface area contributed by atoms with Crippen molar-refractivity contribution in [1.82, 2.24) is 5.32 Å². The number of carbonyl (C=O) groups is 3. The molecule has 4 amide bonds. The van der Waals surface area contributed by atoms with Crippen LogP contribution in [0.5, 0.6) is 0 Å². The fraction of sp³-hybridized carbons (Fsp3) is 0.0800. The molecule has 1 heterocycles. The van der Waals surface area contributed by atoms with Crippen molar-refractivity contribution in [3.63, 3.8) is 0 Å². The Hall–Kier alpha value is -3.41. The van der Waals surface area contributed by atoms with E-state index in [4.69, 9.17) is 23.2 Å². The van der Waals surface area contributed by atoms with Crippen molar-refractivity contribution in [3.05, 3.63) is 105 Å². The van der Waals surface area contributed by atoms with Crippen LogP contribution < -0.4 is 10.2 Å². The number of hydrogen-bond acceptors (Lipinski definition) is 3. The van der Waals surface area contributed by atoms with Gasteiger partial charge in [-0.1, -0.05) is 71.7 Å². The lowest BCUT2D eigenvalue weighted by Gasteiger charge is -2.26. The van der Waals surface area contributed by atoms with Gasteiger partial charge >= 0.3 is 6.03 Å². The summed E-state index contributed by atoms with van der Waals surface area (Å²) in [7, 11) is 0. The molecule has 0 atom stereocenters. The van der Waals surface area contributed by atoms with E-state index in [-0.39, 0.29) is 11.3 Å². The summed E-state index contributed by atoms with van der Waals surface area (Å²) in [6.45, 7) is 1.81. The van der Waals surface area contributed by atoms with Gasteiger partial charge in [0.1, 0.15) is 5.57 Å². The van der Waals surface area contributed by atoms with Gasteiger partial charge in [0, 0.05) is 10.0 Å². The summed E-state index contributed by atoms with van der Waals surface area (Å²) in [6.07, 6.45) is 2.12. The predicted octanol–water partition coefficient (Wildman–Crippen LogP) is 5.56. The molecule has 0 aromatic heterocycles. The third-order valence-corrected chi connectivity index (χ3v) is 5.93. The average Bonchev–Trinajstić information content (AvgIpc) is 2.76. The number of nitrogens with zero attached hydrogens (tertiary/aromatic N) is 1. The smallest absolute Gasteiger partial charge is 0.273 e. The molecule has 1 aliphatic heterocycles. The van der Waals surface area contributed by atoms with Gasteiger partial charge in [0.15, 0.2) is 0 Å². The van der Waals surface area contributed by atoms with Crippen LogP contribution in [-0.2, 0) is 16.0 Å². The molecule has 0 bridgehead atoms. The van der Waals surface area contributed by atoms with Crippen LogP contribution in [0.4, 0.5) is 10.5 Å². The van der Waals surface area contributed by atoms with E-state index >= 15 is 0 Å². The van der Waals surface area contributed by atoms with Crippen molar-refractivity contribution in [3.8, 4) is 0 Å². The van der Waals surface area contributed by atoms with Gasteiger partial charge in [-0.2, -0.15) is 0 Å². The van der Waals surface area contributed by atoms with E-state index in [2.05, 4.69) is 5.32 Å². The zero-order chi connectivity index (χ0) is 22.8. The number of aryl methyl sites for hydroxylation is 1. The van der Waals surface area contributed by atoms with Gasteiger partial charge in [0.05, 0.1) is 5.69 Å². The standard InChI is InChI=1S/C25H18Cl2N2O3/c1-15-6-11-19(14-22(15)27)29-24(31)20(23(30)28-25(29)32)13-17-9-7-16(8-10-17)12-18-4-2-3-5-21(18)26/h2-11,13-14H,12H2,1H3,(H,28,30,32)/b20-13+. The first kappa shape index (κ1) is 21.8. The fourth-order valence-electron chi connectivity index (χ4n) is 3.37. The van der Waals surface area contributed by atoms with Gasteiger partial charge in [0.2, 0.25) is 0 Å². The molecule has 1 N–H and O–H groups in total. The first-order valence-electron chi connectivity index (χ1n) is 9.83. The topological polar surface area (TPSA) is 66.5 Å². The third-order valence-electron chi connectivity index (χ3n) is 5.16. The highest BCUT2D eigenvalue weighted by molar-refractivity contribution is 6.39. The molecule has 0 aliphatic carbocycles. The van der Waals surface area contributed by atoms with Gasteiger partial charge in [-0.15, -0.1) is 0 Å². The van der Waals surface area contributed by atoms with Crippen LogP contribution in [0.1, 0.15) is 22.3 Å². The first-order chi connectivity index (χ1) is 15.3. The molecule has 160 valence electrons. The summed E-state index contributed by atoms with van der Waals surface area (Å²) in [4.78, 5) is 38.6. The molecule has 32 heavy (non-hydrogen) atoms. The monoisotopic (exact) mass is 464 g/mol.